The number of carbonyl (C=O) groups excluding carboxylic acids is 2. The Kier molecular flexibility index (Phi) is 11.3. The standard InChI is InChI=1S/C69H61N3O4S/c1-66(2,3)40-30-41(67(4,5)6)33-46(32-40)75-55-36-51-60-52(65(74)72(64(51)73)45-27-25-44(26-28-45)71-53-20-13-15-22-57(53)77-58-23-16-14-21-54(58)71)37-56(76-47-34-42(68(7,8)9)31-43(35-47)69(10,11)12)62-50-29-24-39(38-70)48-18-17-19-49(59(48)50)61(55)63(60)62/h13-37H,1-12H3. The number of nitriles is 1. The summed E-state index contributed by atoms with van der Waals surface area (Å²) >= 11 is 1.74. The third kappa shape index (κ3) is 8.26. The quantitative estimate of drug-likeness (QED) is 0.0932. The predicted molar refractivity (Wildman–Crippen MR) is 317 cm³/mol. The van der Waals surface area contributed by atoms with Crippen LogP contribution in [0.25, 0.3) is 43.1 Å². The Hall–Kier alpha value is -8.12. The molecule has 0 saturated carbocycles. The predicted octanol–water partition coefficient (Wildman–Crippen LogP) is 19.1. The minimum absolute atomic E-state index is 0.210. The Morgan fingerprint density at radius 3 is 1.27 bits per heavy atom. The minimum atomic E-state index is -0.466. The van der Waals surface area contributed by atoms with Crippen molar-refractivity contribution in [3.05, 3.63) is 191 Å². The van der Waals surface area contributed by atoms with E-state index in [2.05, 4.69) is 173 Å². The number of carbonyl (C=O) groups is 2. The molecule has 0 N–H and O–H groups in total. The number of hydrogen-bond donors (Lipinski definition) is 0. The SMILES string of the molecule is CC(C)(C)c1cc(Oc2cc3c4c(cc(Oc5cc(C(C)(C)C)cc(C(C)(C)C)c5)c5c6ccc(C#N)c7cccc(c2c45)c76)C(=O)N(c2ccc(N4c5ccccc5Sc5ccccc54)cc2)C3=O)cc(C(C)(C)C)c1. The molecule has 10 aromatic carbocycles. The zero-order valence-electron chi connectivity index (χ0n) is 45.8. The molecular weight excluding hydrogens is 967 g/mol. The number of rotatable bonds is 6. The first-order chi connectivity index (χ1) is 36.5. The van der Waals surface area contributed by atoms with Crippen LogP contribution in [0.3, 0.4) is 0 Å². The molecule has 12 rings (SSSR count). The van der Waals surface area contributed by atoms with Gasteiger partial charge < -0.3 is 14.4 Å². The van der Waals surface area contributed by atoms with E-state index in [1.165, 1.54) is 4.90 Å². The second kappa shape index (κ2) is 17.5. The van der Waals surface area contributed by atoms with Gasteiger partial charge in [0, 0.05) is 42.4 Å². The molecule has 0 fully saturated rings. The number of amides is 2. The smallest absolute Gasteiger partial charge is 0.266 e. The number of imide groups is 1. The summed E-state index contributed by atoms with van der Waals surface area (Å²) in [5.74, 6) is 1.22. The normalized spacial score (nSPS) is 13.9. The van der Waals surface area contributed by atoms with Crippen molar-refractivity contribution in [2.45, 2.75) is 115 Å². The maximum absolute atomic E-state index is 15.8. The van der Waals surface area contributed by atoms with E-state index in [1.54, 1.807) is 11.8 Å². The molecule has 0 atom stereocenters. The van der Waals surface area contributed by atoms with E-state index < -0.39 is 11.8 Å². The largest absolute Gasteiger partial charge is 0.457 e. The minimum Gasteiger partial charge on any atom is -0.457 e. The summed E-state index contributed by atoms with van der Waals surface area (Å²) in [5.41, 5.74) is 8.22. The number of ether oxygens (including phenoxy) is 2. The fourth-order valence-corrected chi connectivity index (χ4v) is 12.2. The molecular formula is C69H61N3O4S. The van der Waals surface area contributed by atoms with Gasteiger partial charge in [-0.05, 0) is 151 Å². The summed E-state index contributed by atoms with van der Waals surface area (Å²) in [6.07, 6.45) is 0. The van der Waals surface area contributed by atoms with Crippen molar-refractivity contribution < 1.29 is 19.1 Å². The molecule has 2 aliphatic rings. The van der Waals surface area contributed by atoms with Gasteiger partial charge in [0.1, 0.15) is 23.0 Å². The number of hydrogen-bond acceptors (Lipinski definition) is 7. The van der Waals surface area contributed by atoms with Gasteiger partial charge >= 0.3 is 0 Å². The van der Waals surface area contributed by atoms with Crippen LogP contribution in [-0.4, -0.2) is 11.8 Å². The van der Waals surface area contributed by atoms with E-state index >= 15 is 9.59 Å². The average molecular weight is 1030 g/mol. The topological polar surface area (TPSA) is 82.9 Å². The van der Waals surface area contributed by atoms with Gasteiger partial charge in [-0.25, -0.2) is 4.90 Å². The van der Waals surface area contributed by atoms with Crippen LogP contribution in [0.4, 0.5) is 22.7 Å². The van der Waals surface area contributed by atoms with Gasteiger partial charge in [0.05, 0.1) is 39.8 Å². The number of fused-ring (bicyclic) bond motifs is 4. The van der Waals surface area contributed by atoms with Crippen LogP contribution >= 0.6 is 11.8 Å². The van der Waals surface area contributed by atoms with Gasteiger partial charge in [-0.1, -0.05) is 156 Å². The Balaban J connectivity index is 1.14. The molecule has 2 heterocycles. The van der Waals surface area contributed by atoms with E-state index in [0.717, 1.165) is 81.4 Å². The molecule has 8 heteroatoms. The zero-order chi connectivity index (χ0) is 54.2. The zero-order valence-corrected chi connectivity index (χ0v) is 46.6. The molecule has 0 aliphatic carbocycles. The first-order valence-corrected chi connectivity index (χ1v) is 27.3. The molecule has 7 nitrogen and oxygen atoms in total. The fourth-order valence-electron chi connectivity index (χ4n) is 11.1. The summed E-state index contributed by atoms with van der Waals surface area (Å²) in [4.78, 5) is 37.3. The molecule has 77 heavy (non-hydrogen) atoms. The maximum Gasteiger partial charge on any atom is 0.266 e. The molecule has 2 amide bonds. The van der Waals surface area contributed by atoms with Crippen molar-refractivity contribution in [3.8, 4) is 29.1 Å². The van der Waals surface area contributed by atoms with Crippen molar-refractivity contribution in [2.75, 3.05) is 9.80 Å². The average Bonchev–Trinajstić information content (AvgIpc) is 3.22. The second-order valence-electron chi connectivity index (χ2n) is 24.9. The highest BCUT2D eigenvalue weighted by molar-refractivity contribution is 7.99. The third-order valence-electron chi connectivity index (χ3n) is 15.4. The van der Waals surface area contributed by atoms with E-state index in [-0.39, 0.29) is 21.7 Å². The third-order valence-corrected chi connectivity index (χ3v) is 16.6. The fraction of sp³-hybridized carbons (Fsp3) is 0.232. The van der Waals surface area contributed by atoms with E-state index in [1.807, 2.05) is 72.8 Å². The van der Waals surface area contributed by atoms with Crippen LogP contribution in [0.5, 0.6) is 23.0 Å². The number of para-hydroxylation sites is 2. The van der Waals surface area contributed by atoms with Crippen LogP contribution in [-0.2, 0) is 21.7 Å². The van der Waals surface area contributed by atoms with Crippen LogP contribution in [0.2, 0.25) is 0 Å². The van der Waals surface area contributed by atoms with Crippen LogP contribution < -0.4 is 19.3 Å². The van der Waals surface area contributed by atoms with E-state index in [4.69, 9.17) is 9.47 Å². The Morgan fingerprint density at radius 2 is 0.831 bits per heavy atom. The Bertz CT molecular complexity index is 3910. The molecule has 0 saturated heterocycles. The Morgan fingerprint density at radius 1 is 0.416 bits per heavy atom. The molecule has 0 bridgehead atoms. The Labute approximate surface area is 455 Å². The number of benzene rings is 10. The van der Waals surface area contributed by atoms with E-state index in [0.29, 0.717) is 56.1 Å². The maximum atomic E-state index is 15.8. The summed E-state index contributed by atoms with van der Waals surface area (Å²) in [6.45, 7) is 26.4. The van der Waals surface area contributed by atoms with Gasteiger partial charge in [-0.15, -0.1) is 0 Å². The molecule has 0 unspecified atom stereocenters. The lowest BCUT2D eigenvalue weighted by Gasteiger charge is -2.33. The first-order valence-electron chi connectivity index (χ1n) is 26.4. The molecule has 382 valence electrons. The highest BCUT2D eigenvalue weighted by atomic mass is 32.2. The summed E-state index contributed by atoms with van der Waals surface area (Å²) in [6, 6.07) is 53.3. The first kappa shape index (κ1) is 49.7. The molecule has 0 spiro atoms. The monoisotopic (exact) mass is 1030 g/mol. The van der Waals surface area contributed by atoms with Crippen LogP contribution in [0.1, 0.15) is 132 Å². The van der Waals surface area contributed by atoms with Gasteiger partial charge in [-0.2, -0.15) is 5.26 Å². The van der Waals surface area contributed by atoms with Crippen molar-refractivity contribution in [1.29, 1.82) is 5.26 Å². The van der Waals surface area contributed by atoms with Crippen molar-refractivity contribution in [3.63, 3.8) is 0 Å². The van der Waals surface area contributed by atoms with Gasteiger partial charge in [0.2, 0.25) is 0 Å². The molecule has 0 radical (unpaired) electrons. The van der Waals surface area contributed by atoms with Crippen molar-refractivity contribution in [2.24, 2.45) is 0 Å². The lowest BCUT2D eigenvalue weighted by molar-refractivity contribution is 0.0893. The summed E-state index contributed by atoms with van der Waals surface area (Å²) in [5, 5.41) is 16.5. The number of nitrogens with zero attached hydrogens (tertiary/aromatic N) is 3. The van der Waals surface area contributed by atoms with E-state index in [9.17, 15) is 5.26 Å². The second-order valence-corrected chi connectivity index (χ2v) is 26.0. The molecule has 10 aromatic rings. The van der Waals surface area contributed by atoms with Crippen molar-refractivity contribution >= 4 is 89.4 Å². The molecule has 0 aromatic heterocycles. The van der Waals surface area contributed by atoms with Gasteiger partial charge in [0.15, 0.2) is 0 Å². The van der Waals surface area contributed by atoms with Crippen LogP contribution in [0, 0.1) is 11.3 Å². The van der Waals surface area contributed by atoms with Crippen molar-refractivity contribution in [1.82, 2.24) is 0 Å². The highest BCUT2D eigenvalue weighted by Gasteiger charge is 2.39. The summed E-state index contributed by atoms with van der Waals surface area (Å²) in [7, 11) is 0. The lowest BCUT2D eigenvalue weighted by atomic mass is 9.80. The molecule has 2 aliphatic heterocycles. The van der Waals surface area contributed by atoms with Crippen LogP contribution in [0.15, 0.2) is 161 Å². The van der Waals surface area contributed by atoms with Gasteiger partial charge in [0.25, 0.3) is 11.8 Å². The number of anilines is 4. The highest BCUT2D eigenvalue weighted by Crippen LogP contribution is 2.55. The lowest BCUT2D eigenvalue weighted by Crippen LogP contribution is -2.40. The van der Waals surface area contributed by atoms with Gasteiger partial charge in [-0.3, -0.25) is 9.59 Å². The summed E-state index contributed by atoms with van der Waals surface area (Å²) < 4.78 is 14.7.